The Balaban J connectivity index is 1.89. The molecular formula is C15H15N3O3. The van der Waals surface area contributed by atoms with Crippen molar-refractivity contribution in [2.45, 2.75) is 25.9 Å². The van der Waals surface area contributed by atoms with E-state index in [1.54, 1.807) is 4.90 Å². The number of fused-ring (bicyclic) bond motifs is 1. The van der Waals surface area contributed by atoms with Crippen molar-refractivity contribution in [3.8, 4) is 0 Å². The second kappa shape index (κ2) is 5.05. The van der Waals surface area contributed by atoms with Gasteiger partial charge in [0.1, 0.15) is 6.54 Å². The van der Waals surface area contributed by atoms with E-state index >= 15 is 0 Å². The number of carbonyl (C=O) groups is 1. The molecule has 1 aliphatic rings. The molecule has 0 bridgehead atoms. The molecule has 108 valence electrons. The molecule has 1 N–H and O–H groups in total. The van der Waals surface area contributed by atoms with Crippen molar-refractivity contribution in [1.29, 1.82) is 0 Å². The van der Waals surface area contributed by atoms with Crippen LogP contribution in [-0.2, 0) is 17.8 Å². The maximum Gasteiger partial charge on any atom is 0.328 e. The minimum absolute atomic E-state index is 0.0633. The van der Waals surface area contributed by atoms with Crippen LogP contribution in [0.5, 0.6) is 0 Å². The number of nitrogens with zero attached hydrogens (tertiary/aromatic N) is 2. The molecule has 6 heteroatoms. The lowest BCUT2D eigenvalue weighted by Gasteiger charge is -2.23. The molecule has 1 aliphatic heterocycles. The standard InChI is InChI=1S/C15H15N3O3/c1-10-8-11-4-2-3-5-12(11)18(10)14(20)9-17-7-6-13(19)16-15(17)21/h2-7,10H,8-9H2,1H3,(H,16,19,21). The molecule has 1 aromatic carbocycles. The van der Waals surface area contributed by atoms with Gasteiger partial charge >= 0.3 is 5.69 Å². The van der Waals surface area contributed by atoms with Gasteiger partial charge in [-0.25, -0.2) is 4.79 Å². The molecule has 2 heterocycles. The van der Waals surface area contributed by atoms with E-state index in [1.165, 1.54) is 16.8 Å². The van der Waals surface area contributed by atoms with Crippen molar-refractivity contribution >= 4 is 11.6 Å². The Morgan fingerprint density at radius 1 is 1.29 bits per heavy atom. The molecule has 1 aromatic heterocycles. The van der Waals surface area contributed by atoms with E-state index in [4.69, 9.17) is 0 Å². The van der Waals surface area contributed by atoms with Crippen molar-refractivity contribution < 1.29 is 4.79 Å². The van der Waals surface area contributed by atoms with Crippen LogP contribution in [0.15, 0.2) is 46.1 Å². The van der Waals surface area contributed by atoms with Crippen LogP contribution in [0, 0.1) is 0 Å². The van der Waals surface area contributed by atoms with Crippen LogP contribution in [-0.4, -0.2) is 21.5 Å². The average Bonchev–Trinajstić information content (AvgIpc) is 2.77. The zero-order valence-corrected chi connectivity index (χ0v) is 11.6. The fourth-order valence-corrected chi connectivity index (χ4v) is 2.74. The van der Waals surface area contributed by atoms with Gasteiger partial charge in [0.05, 0.1) is 0 Å². The third-order valence-electron chi connectivity index (χ3n) is 3.68. The quantitative estimate of drug-likeness (QED) is 0.873. The summed E-state index contributed by atoms with van der Waals surface area (Å²) in [6.45, 7) is 1.89. The van der Waals surface area contributed by atoms with Gasteiger partial charge in [0.2, 0.25) is 5.91 Å². The number of benzene rings is 1. The molecule has 1 unspecified atom stereocenters. The summed E-state index contributed by atoms with van der Waals surface area (Å²) in [6.07, 6.45) is 2.15. The zero-order valence-electron chi connectivity index (χ0n) is 11.6. The second-order valence-electron chi connectivity index (χ2n) is 5.18. The van der Waals surface area contributed by atoms with Crippen LogP contribution in [0.2, 0.25) is 0 Å². The lowest BCUT2D eigenvalue weighted by atomic mass is 10.1. The summed E-state index contributed by atoms with van der Waals surface area (Å²) < 4.78 is 1.21. The summed E-state index contributed by atoms with van der Waals surface area (Å²) in [7, 11) is 0. The van der Waals surface area contributed by atoms with Gasteiger partial charge in [0, 0.05) is 24.0 Å². The highest BCUT2D eigenvalue weighted by atomic mass is 16.2. The van der Waals surface area contributed by atoms with E-state index in [1.807, 2.05) is 31.2 Å². The molecule has 0 radical (unpaired) electrons. The number of amides is 1. The molecule has 1 amide bonds. The van der Waals surface area contributed by atoms with Gasteiger partial charge in [-0.05, 0) is 25.0 Å². The number of hydrogen-bond acceptors (Lipinski definition) is 3. The molecule has 0 saturated heterocycles. The highest BCUT2D eigenvalue weighted by Crippen LogP contribution is 2.31. The van der Waals surface area contributed by atoms with Gasteiger partial charge in [-0.2, -0.15) is 0 Å². The Morgan fingerprint density at radius 3 is 2.81 bits per heavy atom. The molecule has 0 spiro atoms. The normalized spacial score (nSPS) is 16.8. The Kier molecular flexibility index (Phi) is 3.21. The van der Waals surface area contributed by atoms with Crippen molar-refractivity contribution in [3.63, 3.8) is 0 Å². The molecular weight excluding hydrogens is 270 g/mol. The minimum atomic E-state index is -0.573. The molecule has 21 heavy (non-hydrogen) atoms. The minimum Gasteiger partial charge on any atom is -0.307 e. The topological polar surface area (TPSA) is 75.2 Å². The summed E-state index contributed by atoms with van der Waals surface area (Å²) in [4.78, 5) is 39.1. The van der Waals surface area contributed by atoms with Gasteiger partial charge in [-0.15, -0.1) is 0 Å². The summed E-state index contributed by atoms with van der Waals surface area (Å²) in [5, 5.41) is 0. The molecule has 2 aromatic rings. The molecule has 6 nitrogen and oxygen atoms in total. The molecule has 1 atom stereocenters. The Hall–Kier alpha value is -2.63. The van der Waals surface area contributed by atoms with Crippen LogP contribution in [0.3, 0.4) is 0 Å². The van der Waals surface area contributed by atoms with Gasteiger partial charge in [-0.3, -0.25) is 19.1 Å². The van der Waals surface area contributed by atoms with Crippen molar-refractivity contribution in [2.75, 3.05) is 4.90 Å². The lowest BCUT2D eigenvalue weighted by molar-refractivity contribution is -0.119. The fourth-order valence-electron chi connectivity index (χ4n) is 2.74. The number of nitrogens with one attached hydrogen (secondary N) is 1. The number of rotatable bonds is 2. The van der Waals surface area contributed by atoms with E-state index in [0.29, 0.717) is 0 Å². The first kappa shape index (κ1) is 13.4. The van der Waals surface area contributed by atoms with Crippen molar-refractivity contribution in [2.24, 2.45) is 0 Å². The molecule has 3 rings (SSSR count). The predicted molar refractivity (Wildman–Crippen MR) is 78.4 cm³/mol. The number of anilines is 1. The van der Waals surface area contributed by atoms with Crippen LogP contribution >= 0.6 is 0 Å². The zero-order chi connectivity index (χ0) is 15.0. The van der Waals surface area contributed by atoms with Crippen molar-refractivity contribution in [1.82, 2.24) is 9.55 Å². The summed E-state index contributed by atoms with van der Waals surface area (Å²) >= 11 is 0. The number of H-pyrrole nitrogens is 1. The number of para-hydroxylation sites is 1. The van der Waals surface area contributed by atoms with Crippen LogP contribution in [0.1, 0.15) is 12.5 Å². The monoisotopic (exact) mass is 285 g/mol. The van der Waals surface area contributed by atoms with Gasteiger partial charge in [-0.1, -0.05) is 18.2 Å². The summed E-state index contributed by atoms with van der Waals surface area (Å²) in [6, 6.07) is 9.05. The Morgan fingerprint density at radius 2 is 2.05 bits per heavy atom. The number of aromatic amines is 1. The smallest absolute Gasteiger partial charge is 0.307 e. The first-order valence-electron chi connectivity index (χ1n) is 6.76. The van der Waals surface area contributed by atoms with Gasteiger partial charge in [0.15, 0.2) is 0 Å². The van der Waals surface area contributed by atoms with E-state index < -0.39 is 11.2 Å². The van der Waals surface area contributed by atoms with E-state index in [0.717, 1.165) is 17.7 Å². The van der Waals surface area contributed by atoms with Gasteiger partial charge < -0.3 is 4.90 Å². The third kappa shape index (κ3) is 2.40. The number of hydrogen-bond donors (Lipinski definition) is 1. The van der Waals surface area contributed by atoms with E-state index in [-0.39, 0.29) is 18.5 Å². The molecule has 0 fully saturated rings. The van der Waals surface area contributed by atoms with Crippen molar-refractivity contribution in [3.05, 3.63) is 62.9 Å². The maximum absolute atomic E-state index is 12.5. The Bertz CT molecular complexity index is 806. The average molecular weight is 285 g/mol. The molecule has 0 saturated carbocycles. The second-order valence-corrected chi connectivity index (χ2v) is 5.18. The highest BCUT2D eigenvalue weighted by Gasteiger charge is 2.30. The first-order chi connectivity index (χ1) is 10.1. The van der Waals surface area contributed by atoms with E-state index in [2.05, 4.69) is 4.98 Å². The van der Waals surface area contributed by atoms with Crippen LogP contribution in [0.25, 0.3) is 0 Å². The largest absolute Gasteiger partial charge is 0.328 e. The fraction of sp³-hybridized carbons (Fsp3) is 0.267. The molecule has 0 aliphatic carbocycles. The highest BCUT2D eigenvalue weighted by molar-refractivity contribution is 5.96. The first-order valence-corrected chi connectivity index (χ1v) is 6.76. The number of carbonyl (C=O) groups excluding carboxylic acids is 1. The third-order valence-corrected chi connectivity index (χ3v) is 3.68. The SMILES string of the molecule is CC1Cc2ccccc2N1C(=O)Cn1ccc(=O)[nH]c1=O. The van der Waals surface area contributed by atoms with Gasteiger partial charge in [0.25, 0.3) is 5.56 Å². The summed E-state index contributed by atoms with van der Waals surface area (Å²) in [5.41, 5.74) is 0.985. The predicted octanol–water partition coefficient (Wildman–Crippen LogP) is 0.514. The van der Waals surface area contributed by atoms with E-state index in [9.17, 15) is 14.4 Å². The maximum atomic E-state index is 12.5. The summed E-state index contributed by atoms with van der Waals surface area (Å²) in [5.74, 6) is -0.165. The Labute approximate surface area is 120 Å². The van der Waals surface area contributed by atoms with Crippen LogP contribution < -0.4 is 16.1 Å². The van der Waals surface area contributed by atoms with Crippen LogP contribution in [0.4, 0.5) is 5.69 Å². The number of aromatic nitrogens is 2. The lowest BCUT2D eigenvalue weighted by Crippen LogP contribution is -2.41.